The predicted molar refractivity (Wildman–Crippen MR) is 28.3 cm³/mol. The molecule has 0 aromatic carbocycles. The molecule has 2 heteroatoms. The van der Waals surface area contributed by atoms with Gasteiger partial charge in [-0.15, -0.1) is 0 Å². The van der Waals surface area contributed by atoms with Crippen LogP contribution in [-0.2, 0) is 0 Å². The monoisotopic (exact) mass is 84.1 g/mol. The van der Waals surface area contributed by atoms with Crippen LogP contribution in [0.2, 0.25) is 0 Å². The molecule has 1 heterocycles. The second-order valence-electron chi connectivity index (χ2n) is 0.832. The molecular formula is C4H8N2. The predicted octanol–water partition coefficient (Wildman–Crippen LogP) is 1.08. The first-order valence-electron chi connectivity index (χ1n) is 1.53. The normalized spacial score (nSPS) is 14.7. The van der Waals surface area contributed by atoms with Crippen LogP contribution in [0.15, 0.2) is 10.2 Å². The smallest absolute Gasteiger partial charge is 0.0324 e. The van der Waals surface area contributed by atoms with E-state index < -0.39 is 0 Å². The van der Waals surface area contributed by atoms with Gasteiger partial charge in [0.2, 0.25) is 0 Å². The molecule has 0 bridgehead atoms. The highest BCUT2D eigenvalue weighted by Gasteiger charge is 1.75. The van der Waals surface area contributed by atoms with E-state index in [0.717, 1.165) is 6.42 Å². The van der Waals surface area contributed by atoms with Crippen LogP contribution in [0, 0.1) is 0 Å². The zero-order chi connectivity index (χ0) is 3.54. The highest BCUT2D eigenvalue weighted by atomic mass is 15.2. The van der Waals surface area contributed by atoms with E-state index in [1.54, 1.807) is 12.4 Å². The summed E-state index contributed by atoms with van der Waals surface area (Å²) in [6.07, 6.45) is 4.44. The molecule has 0 amide bonds. The minimum absolute atomic E-state index is 0. The quantitative estimate of drug-likeness (QED) is 0.419. The molecule has 0 saturated carbocycles. The Labute approximate surface area is 37.6 Å². The number of hydrogen-bond donors (Lipinski definition) is 0. The highest BCUT2D eigenvalue weighted by molar-refractivity contribution is 5.82. The van der Waals surface area contributed by atoms with Gasteiger partial charge >= 0.3 is 0 Å². The lowest BCUT2D eigenvalue weighted by atomic mass is 10.5. The van der Waals surface area contributed by atoms with Gasteiger partial charge in [-0.25, -0.2) is 0 Å². The highest BCUT2D eigenvalue weighted by Crippen LogP contribution is 1.78. The van der Waals surface area contributed by atoms with Crippen LogP contribution in [0.3, 0.4) is 0 Å². The Morgan fingerprint density at radius 3 is 1.83 bits per heavy atom. The molecule has 0 aromatic rings. The Kier molecular flexibility index (Phi) is 2.29. The molecule has 0 fully saturated rings. The Balaban J connectivity index is 0.000000250. The van der Waals surface area contributed by atoms with Crippen molar-refractivity contribution in [2.24, 2.45) is 10.2 Å². The van der Waals surface area contributed by atoms with E-state index in [2.05, 4.69) is 10.2 Å². The minimum Gasteiger partial charge on any atom is -0.164 e. The minimum atomic E-state index is 0. The van der Waals surface area contributed by atoms with Crippen molar-refractivity contribution in [3.8, 4) is 0 Å². The topological polar surface area (TPSA) is 24.7 Å². The van der Waals surface area contributed by atoms with Crippen LogP contribution in [0.1, 0.15) is 13.8 Å². The summed E-state index contributed by atoms with van der Waals surface area (Å²) in [5, 5.41) is 7.06. The molecule has 1 aliphatic rings. The molecule has 0 atom stereocenters. The van der Waals surface area contributed by atoms with Gasteiger partial charge in [0.15, 0.2) is 0 Å². The molecule has 1 aliphatic heterocycles. The Hall–Kier alpha value is -0.660. The first-order chi connectivity index (χ1) is 2.50. The first kappa shape index (κ1) is 5.34. The summed E-state index contributed by atoms with van der Waals surface area (Å²) in [5.74, 6) is 0. The fourth-order valence-corrected chi connectivity index (χ4v) is 0.236. The molecule has 2 nitrogen and oxygen atoms in total. The number of nitrogens with zero attached hydrogens (tertiary/aromatic N) is 2. The maximum absolute atomic E-state index is 3.53. The van der Waals surface area contributed by atoms with Crippen molar-refractivity contribution in [2.75, 3.05) is 0 Å². The summed E-state index contributed by atoms with van der Waals surface area (Å²) in [6.45, 7) is 0. The van der Waals surface area contributed by atoms with Crippen molar-refractivity contribution >= 4 is 12.4 Å². The van der Waals surface area contributed by atoms with Crippen LogP contribution < -0.4 is 0 Å². The van der Waals surface area contributed by atoms with Gasteiger partial charge in [-0.1, -0.05) is 7.43 Å². The van der Waals surface area contributed by atoms with E-state index in [-0.39, 0.29) is 7.43 Å². The van der Waals surface area contributed by atoms with Gasteiger partial charge in [0.1, 0.15) is 0 Å². The molecule has 0 radical (unpaired) electrons. The summed E-state index contributed by atoms with van der Waals surface area (Å²) in [7, 11) is 0. The van der Waals surface area contributed by atoms with Crippen LogP contribution in [-0.4, -0.2) is 12.4 Å². The van der Waals surface area contributed by atoms with Gasteiger partial charge in [0.05, 0.1) is 0 Å². The lowest BCUT2D eigenvalue weighted by Crippen LogP contribution is -1.60. The maximum Gasteiger partial charge on any atom is 0.0324 e. The maximum atomic E-state index is 3.53. The van der Waals surface area contributed by atoms with Gasteiger partial charge in [0.25, 0.3) is 0 Å². The molecule has 0 spiro atoms. The van der Waals surface area contributed by atoms with E-state index in [4.69, 9.17) is 0 Å². The molecule has 0 N–H and O–H groups in total. The van der Waals surface area contributed by atoms with Crippen molar-refractivity contribution in [1.82, 2.24) is 0 Å². The standard InChI is InChI=1S/C3H4N2.CH4/c1-2-4-5-3-1;/h2-3H,1H2;1H4. The molecular weight excluding hydrogens is 76.1 g/mol. The third-order valence-electron chi connectivity index (χ3n) is 0.441. The van der Waals surface area contributed by atoms with Crippen LogP contribution >= 0.6 is 0 Å². The molecule has 0 unspecified atom stereocenters. The van der Waals surface area contributed by atoms with Crippen molar-refractivity contribution in [3.63, 3.8) is 0 Å². The second-order valence-corrected chi connectivity index (χ2v) is 0.832. The van der Waals surface area contributed by atoms with Crippen LogP contribution in [0.4, 0.5) is 0 Å². The summed E-state index contributed by atoms with van der Waals surface area (Å²) >= 11 is 0. The number of rotatable bonds is 0. The third kappa shape index (κ3) is 0.971. The second kappa shape index (κ2) is 2.57. The zero-order valence-electron chi connectivity index (χ0n) is 2.76. The van der Waals surface area contributed by atoms with Gasteiger partial charge in [0, 0.05) is 18.9 Å². The van der Waals surface area contributed by atoms with Crippen LogP contribution in [0.5, 0.6) is 0 Å². The third-order valence-corrected chi connectivity index (χ3v) is 0.441. The molecule has 34 valence electrons. The Morgan fingerprint density at radius 2 is 1.67 bits per heavy atom. The fourth-order valence-electron chi connectivity index (χ4n) is 0.236. The summed E-state index contributed by atoms with van der Waals surface area (Å²) < 4.78 is 0. The van der Waals surface area contributed by atoms with E-state index >= 15 is 0 Å². The molecule has 0 aliphatic carbocycles. The SMILES string of the molecule is C.C1=NN=CC1. The average molecular weight is 84.1 g/mol. The molecule has 1 rings (SSSR count). The summed E-state index contributed by atoms with van der Waals surface area (Å²) in [5.41, 5.74) is 0. The Morgan fingerprint density at radius 1 is 1.17 bits per heavy atom. The molecule has 6 heavy (non-hydrogen) atoms. The van der Waals surface area contributed by atoms with Crippen LogP contribution in [0.25, 0.3) is 0 Å². The van der Waals surface area contributed by atoms with Crippen molar-refractivity contribution in [2.45, 2.75) is 13.8 Å². The van der Waals surface area contributed by atoms with Gasteiger partial charge in [-0.2, -0.15) is 10.2 Å². The number of hydrogen-bond acceptors (Lipinski definition) is 2. The van der Waals surface area contributed by atoms with Gasteiger partial charge in [-0.05, 0) is 0 Å². The largest absolute Gasteiger partial charge is 0.164 e. The lowest BCUT2D eigenvalue weighted by Gasteiger charge is -1.50. The first-order valence-corrected chi connectivity index (χ1v) is 1.53. The van der Waals surface area contributed by atoms with Crippen molar-refractivity contribution in [1.29, 1.82) is 0 Å². The fraction of sp³-hybridized carbons (Fsp3) is 0.500. The summed E-state index contributed by atoms with van der Waals surface area (Å²) in [6, 6.07) is 0. The van der Waals surface area contributed by atoms with E-state index in [1.165, 1.54) is 0 Å². The van der Waals surface area contributed by atoms with E-state index in [9.17, 15) is 0 Å². The van der Waals surface area contributed by atoms with Gasteiger partial charge < -0.3 is 0 Å². The summed E-state index contributed by atoms with van der Waals surface area (Å²) in [4.78, 5) is 0. The van der Waals surface area contributed by atoms with Crippen molar-refractivity contribution in [3.05, 3.63) is 0 Å². The zero-order valence-corrected chi connectivity index (χ0v) is 2.76. The van der Waals surface area contributed by atoms with E-state index in [1.807, 2.05) is 0 Å². The van der Waals surface area contributed by atoms with Gasteiger partial charge in [-0.3, -0.25) is 0 Å². The van der Waals surface area contributed by atoms with E-state index in [0.29, 0.717) is 0 Å². The molecule has 0 saturated heterocycles. The Bertz CT molecular complexity index is 63.6. The average Bonchev–Trinajstić information content (AvgIpc) is 1.76. The lowest BCUT2D eigenvalue weighted by molar-refractivity contribution is 1.29. The molecule has 0 aromatic heterocycles. The van der Waals surface area contributed by atoms with Crippen molar-refractivity contribution < 1.29 is 0 Å².